The fourth-order valence-electron chi connectivity index (χ4n) is 3.37. The van der Waals surface area contributed by atoms with Crippen LogP contribution >= 0.6 is 0 Å². The molecule has 0 saturated carbocycles. The van der Waals surface area contributed by atoms with Crippen molar-refractivity contribution in [2.24, 2.45) is 5.73 Å². The molecule has 4 rings (SSSR count). The summed E-state index contributed by atoms with van der Waals surface area (Å²) in [5.41, 5.74) is 8.63. The van der Waals surface area contributed by atoms with E-state index in [2.05, 4.69) is 6.07 Å². The molecule has 3 nitrogen and oxygen atoms in total. The van der Waals surface area contributed by atoms with Gasteiger partial charge in [0.25, 0.3) is 0 Å². The molecule has 2 N–H and O–H groups in total. The number of nitrogens with two attached hydrogens (primary N) is 1. The van der Waals surface area contributed by atoms with Crippen molar-refractivity contribution in [1.82, 2.24) is 4.57 Å². The number of fused-ring (bicyclic) bond motifs is 3. The van der Waals surface area contributed by atoms with Crippen LogP contribution in [0.1, 0.15) is 21.5 Å². The lowest BCUT2D eigenvalue weighted by atomic mass is 10.1. The molecule has 1 aromatic heterocycles. The maximum absolute atomic E-state index is 14.2. The Kier molecular flexibility index (Phi) is 3.72. The van der Waals surface area contributed by atoms with Gasteiger partial charge in [-0.15, -0.1) is 0 Å². The molecule has 5 heteroatoms. The molecule has 1 heterocycles. The second kappa shape index (κ2) is 5.95. The summed E-state index contributed by atoms with van der Waals surface area (Å²) in [5.74, 6) is -1.52. The van der Waals surface area contributed by atoms with E-state index >= 15 is 0 Å². The van der Waals surface area contributed by atoms with Gasteiger partial charge in [0.15, 0.2) is 0 Å². The summed E-state index contributed by atoms with van der Waals surface area (Å²) in [6.07, 6.45) is 0. The Bertz CT molecular complexity index is 1180. The molecular weight excluding hydrogens is 334 g/mol. The average Bonchev–Trinajstić information content (AvgIpc) is 2.91. The van der Waals surface area contributed by atoms with E-state index in [1.165, 1.54) is 6.07 Å². The number of carbonyl (C=O) groups excluding carboxylic acids is 1. The number of nitrogens with zero attached hydrogens (tertiary/aromatic N) is 1. The van der Waals surface area contributed by atoms with E-state index in [9.17, 15) is 13.6 Å². The van der Waals surface area contributed by atoms with Gasteiger partial charge < -0.3 is 10.3 Å². The van der Waals surface area contributed by atoms with Gasteiger partial charge in [-0.05, 0) is 55.0 Å². The number of carbonyl (C=O) groups is 1. The molecule has 1 amide bonds. The minimum Gasteiger partial charge on any atom is -0.366 e. The fourth-order valence-corrected chi connectivity index (χ4v) is 3.37. The standard InChI is InChI=1S/C21H15F2N2O/c1-12-5-7-15-19(9-12)25(11-13-10-14(22)6-8-17(13)23)18-4-2-3-16(20(15)18)21(24)26/h2-6,8-10H,11H2,1H3,(H2,24,26). The predicted molar refractivity (Wildman–Crippen MR) is 97.0 cm³/mol. The minimum absolute atomic E-state index is 0.128. The molecule has 0 atom stereocenters. The summed E-state index contributed by atoms with van der Waals surface area (Å²) < 4.78 is 29.6. The molecule has 0 aliphatic carbocycles. The van der Waals surface area contributed by atoms with Crippen LogP contribution in [0.2, 0.25) is 0 Å². The molecule has 129 valence electrons. The highest BCUT2D eigenvalue weighted by molar-refractivity contribution is 6.17. The summed E-state index contributed by atoms with van der Waals surface area (Å²) in [7, 11) is 0. The zero-order chi connectivity index (χ0) is 18.4. The van der Waals surface area contributed by atoms with Gasteiger partial charge in [0, 0.05) is 21.9 Å². The molecule has 0 fully saturated rings. The van der Waals surface area contributed by atoms with Crippen LogP contribution in [-0.2, 0) is 6.54 Å². The van der Waals surface area contributed by atoms with E-state index < -0.39 is 17.5 Å². The normalized spacial score (nSPS) is 11.3. The first-order valence-electron chi connectivity index (χ1n) is 8.12. The van der Waals surface area contributed by atoms with Crippen molar-refractivity contribution in [2.45, 2.75) is 13.5 Å². The van der Waals surface area contributed by atoms with Gasteiger partial charge in [0.2, 0.25) is 5.91 Å². The number of aryl methyl sites for hydroxylation is 1. The number of amides is 1. The van der Waals surface area contributed by atoms with Crippen molar-refractivity contribution in [3.8, 4) is 0 Å². The van der Waals surface area contributed by atoms with Crippen molar-refractivity contribution in [3.05, 3.63) is 82.9 Å². The maximum atomic E-state index is 14.2. The van der Waals surface area contributed by atoms with Crippen molar-refractivity contribution in [2.75, 3.05) is 0 Å². The van der Waals surface area contributed by atoms with Gasteiger partial charge in [0.05, 0.1) is 17.6 Å². The molecule has 0 bridgehead atoms. The molecular formula is C21H15F2N2O. The first kappa shape index (κ1) is 16.3. The van der Waals surface area contributed by atoms with Gasteiger partial charge in [-0.3, -0.25) is 4.79 Å². The van der Waals surface area contributed by atoms with Gasteiger partial charge in [-0.1, -0.05) is 12.1 Å². The molecule has 0 aliphatic rings. The molecule has 0 spiro atoms. The largest absolute Gasteiger partial charge is 0.366 e. The van der Waals surface area contributed by atoms with Crippen LogP contribution in [0.25, 0.3) is 21.8 Å². The fraction of sp³-hybridized carbons (Fsp3) is 0.0952. The first-order valence-corrected chi connectivity index (χ1v) is 8.12. The summed E-state index contributed by atoms with van der Waals surface area (Å²) in [6.45, 7) is 2.05. The van der Waals surface area contributed by atoms with Crippen LogP contribution < -0.4 is 5.73 Å². The molecule has 4 aromatic rings. The Labute approximate surface area is 148 Å². The summed E-state index contributed by atoms with van der Waals surface area (Å²) >= 11 is 0. The number of primary amides is 1. The van der Waals surface area contributed by atoms with Crippen molar-refractivity contribution in [3.63, 3.8) is 0 Å². The van der Waals surface area contributed by atoms with E-state index in [0.717, 1.165) is 34.1 Å². The van der Waals surface area contributed by atoms with Crippen molar-refractivity contribution < 1.29 is 13.6 Å². The van der Waals surface area contributed by atoms with Crippen LogP contribution in [0.15, 0.2) is 48.5 Å². The maximum Gasteiger partial charge on any atom is 0.249 e. The number of halogens is 2. The number of hydrogen-bond donors (Lipinski definition) is 1. The summed E-state index contributed by atoms with van der Waals surface area (Å²) in [6, 6.07) is 15.6. The lowest BCUT2D eigenvalue weighted by molar-refractivity contribution is 0.100. The minimum atomic E-state index is -0.541. The summed E-state index contributed by atoms with van der Waals surface area (Å²) in [4.78, 5) is 11.9. The van der Waals surface area contributed by atoms with E-state index in [-0.39, 0.29) is 12.1 Å². The Hall–Kier alpha value is -3.21. The molecule has 1 radical (unpaired) electrons. The Balaban J connectivity index is 2.06. The molecule has 0 aliphatic heterocycles. The molecule has 0 saturated heterocycles. The SMILES string of the molecule is Cc1c[c]c2c3c(C(N)=O)cccc3n(Cc3cc(F)ccc3F)c2c1. The van der Waals surface area contributed by atoms with E-state index in [1.807, 2.05) is 29.7 Å². The quantitative estimate of drug-likeness (QED) is 0.588. The average molecular weight is 349 g/mol. The topological polar surface area (TPSA) is 48.0 Å². The van der Waals surface area contributed by atoms with E-state index in [4.69, 9.17) is 5.73 Å². The van der Waals surface area contributed by atoms with Crippen LogP contribution in [0.4, 0.5) is 8.78 Å². The van der Waals surface area contributed by atoms with Crippen molar-refractivity contribution in [1.29, 1.82) is 0 Å². The number of rotatable bonds is 3. The van der Waals surface area contributed by atoms with Crippen LogP contribution in [0.5, 0.6) is 0 Å². The first-order chi connectivity index (χ1) is 12.5. The van der Waals surface area contributed by atoms with Gasteiger partial charge >= 0.3 is 0 Å². The van der Waals surface area contributed by atoms with Gasteiger partial charge in [-0.2, -0.15) is 0 Å². The second-order valence-electron chi connectivity index (χ2n) is 6.32. The second-order valence-corrected chi connectivity index (χ2v) is 6.32. The third kappa shape index (κ3) is 2.52. The Morgan fingerprint density at radius 2 is 1.96 bits per heavy atom. The molecule has 0 unspecified atom stereocenters. The van der Waals surface area contributed by atoms with E-state index in [0.29, 0.717) is 10.9 Å². The molecule has 26 heavy (non-hydrogen) atoms. The van der Waals surface area contributed by atoms with Crippen LogP contribution in [-0.4, -0.2) is 10.5 Å². The van der Waals surface area contributed by atoms with E-state index in [1.54, 1.807) is 12.1 Å². The smallest absolute Gasteiger partial charge is 0.249 e. The lowest BCUT2D eigenvalue weighted by Crippen LogP contribution is -2.11. The van der Waals surface area contributed by atoms with Gasteiger partial charge in [0.1, 0.15) is 11.6 Å². The van der Waals surface area contributed by atoms with Crippen LogP contribution in [0, 0.1) is 24.6 Å². The third-order valence-corrected chi connectivity index (χ3v) is 4.54. The monoisotopic (exact) mass is 349 g/mol. The highest BCUT2D eigenvalue weighted by Gasteiger charge is 2.17. The van der Waals surface area contributed by atoms with Crippen LogP contribution in [0.3, 0.4) is 0 Å². The highest BCUT2D eigenvalue weighted by Crippen LogP contribution is 2.32. The van der Waals surface area contributed by atoms with Crippen molar-refractivity contribution >= 4 is 27.7 Å². The predicted octanol–water partition coefficient (Wildman–Crippen LogP) is 4.33. The number of aromatic nitrogens is 1. The Morgan fingerprint density at radius 3 is 2.73 bits per heavy atom. The highest BCUT2D eigenvalue weighted by atomic mass is 19.1. The number of benzene rings is 3. The summed E-state index contributed by atoms with van der Waals surface area (Å²) in [5, 5.41) is 1.41. The lowest BCUT2D eigenvalue weighted by Gasteiger charge is -2.09. The number of hydrogen-bond acceptors (Lipinski definition) is 1. The Morgan fingerprint density at radius 1 is 1.15 bits per heavy atom. The zero-order valence-corrected chi connectivity index (χ0v) is 14.0. The zero-order valence-electron chi connectivity index (χ0n) is 14.0. The third-order valence-electron chi connectivity index (χ3n) is 4.54. The van der Waals surface area contributed by atoms with Gasteiger partial charge in [-0.25, -0.2) is 8.78 Å². The molecule has 3 aromatic carbocycles.